The minimum absolute atomic E-state index is 0.0381. The second-order valence-electron chi connectivity index (χ2n) is 4.74. The summed E-state index contributed by atoms with van der Waals surface area (Å²) >= 11 is 2.08. The van der Waals surface area contributed by atoms with Crippen LogP contribution in [0.3, 0.4) is 0 Å². The van der Waals surface area contributed by atoms with Gasteiger partial charge in [0.05, 0.1) is 9.97 Å². The van der Waals surface area contributed by atoms with Crippen molar-refractivity contribution in [3.8, 4) is 0 Å². The number of fused-ring (bicyclic) bond motifs is 1. The van der Waals surface area contributed by atoms with Crippen molar-refractivity contribution in [1.82, 2.24) is 4.90 Å². The number of hydrogen-bond donors (Lipinski definition) is 0. The highest BCUT2D eigenvalue weighted by Crippen LogP contribution is 2.48. The molecule has 0 aromatic heterocycles. The number of hydrogen-bond acceptors (Lipinski definition) is 2. The van der Waals surface area contributed by atoms with E-state index in [1.807, 2.05) is 30.3 Å². The molecule has 5 heteroatoms. The third-order valence-corrected chi connectivity index (χ3v) is 5.11. The zero-order chi connectivity index (χ0) is 12.7. The summed E-state index contributed by atoms with van der Waals surface area (Å²) < 4.78 is 18.5. The highest BCUT2D eigenvalue weighted by Gasteiger charge is 2.61. The number of carbonyl (C=O) groups is 1. The molecule has 96 valence electrons. The van der Waals surface area contributed by atoms with Crippen LogP contribution in [0.15, 0.2) is 30.3 Å². The number of nitrogens with zero attached hydrogens (tertiary/aromatic N) is 1. The molecule has 1 aliphatic heterocycles. The summed E-state index contributed by atoms with van der Waals surface area (Å²) in [6.07, 6.45) is -1.08. The lowest BCUT2D eigenvalue weighted by Gasteiger charge is -2.59. The van der Waals surface area contributed by atoms with Crippen LogP contribution in [0.1, 0.15) is 5.56 Å². The zero-order valence-electron chi connectivity index (χ0n) is 9.63. The van der Waals surface area contributed by atoms with Gasteiger partial charge < -0.3 is 9.64 Å². The molecule has 4 atom stereocenters. The molecule has 0 unspecified atom stereocenters. The van der Waals surface area contributed by atoms with Gasteiger partial charge in [0.1, 0.15) is 12.8 Å². The van der Waals surface area contributed by atoms with Crippen LogP contribution >= 0.6 is 22.6 Å². The number of benzene rings is 1. The summed E-state index contributed by atoms with van der Waals surface area (Å²) in [5.41, 5.74) is 0.964. The second-order valence-corrected chi connectivity index (χ2v) is 6.17. The average Bonchev–Trinajstić information content (AvgIpc) is 2.36. The van der Waals surface area contributed by atoms with Crippen LogP contribution in [-0.2, 0) is 11.3 Å². The first-order chi connectivity index (χ1) is 8.68. The van der Waals surface area contributed by atoms with Crippen molar-refractivity contribution in [1.29, 1.82) is 0 Å². The molecular weight excluding hydrogens is 348 g/mol. The lowest BCUT2D eigenvalue weighted by Crippen LogP contribution is -2.75. The van der Waals surface area contributed by atoms with Crippen LogP contribution in [-0.4, -0.2) is 33.7 Å². The third kappa shape index (κ3) is 1.88. The predicted molar refractivity (Wildman–Crippen MR) is 73.3 cm³/mol. The van der Waals surface area contributed by atoms with Crippen LogP contribution in [0, 0.1) is 5.92 Å². The summed E-state index contributed by atoms with van der Waals surface area (Å²) in [7, 11) is 0. The van der Waals surface area contributed by atoms with Gasteiger partial charge >= 0.3 is 6.09 Å². The van der Waals surface area contributed by atoms with Gasteiger partial charge in [-0.1, -0.05) is 52.9 Å². The molecule has 2 fully saturated rings. The molecule has 1 aromatic carbocycles. The smallest absolute Gasteiger partial charge is 0.410 e. The van der Waals surface area contributed by atoms with E-state index in [9.17, 15) is 9.18 Å². The first-order valence-electron chi connectivity index (χ1n) is 5.94. The van der Waals surface area contributed by atoms with E-state index in [4.69, 9.17) is 4.74 Å². The first-order valence-corrected chi connectivity index (χ1v) is 7.18. The van der Waals surface area contributed by atoms with E-state index in [-0.39, 0.29) is 28.6 Å². The zero-order valence-corrected chi connectivity index (χ0v) is 11.8. The lowest BCUT2D eigenvalue weighted by molar-refractivity contribution is -0.0938. The number of alkyl halides is 2. The third-order valence-electron chi connectivity index (χ3n) is 3.69. The SMILES string of the molecule is O=C(OCc1ccccc1)N1C[C@@H]2[C@H](F)[C@@H](I)[C@@H]21. The lowest BCUT2D eigenvalue weighted by atomic mass is 9.70. The number of ether oxygens (including phenoxy) is 1. The Morgan fingerprint density at radius 1 is 1.44 bits per heavy atom. The molecule has 3 rings (SSSR count). The van der Waals surface area contributed by atoms with Gasteiger partial charge in [0.25, 0.3) is 0 Å². The summed E-state index contributed by atoms with van der Waals surface area (Å²) in [5, 5.41) is 0. The van der Waals surface area contributed by atoms with Gasteiger partial charge in [0, 0.05) is 12.5 Å². The Labute approximate surface area is 118 Å². The summed E-state index contributed by atoms with van der Waals surface area (Å²) in [5.74, 6) is 0.0381. The standard InChI is InChI=1S/C13H13FINO2/c14-10-9-6-16(12(9)11(10)15)13(17)18-7-8-4-2-1-3-5-8/h1-5,9-12H,6-7H2/t9-,10+,11-,12-/m1/s1. The molecule has 1 saturated carbocycles. The Balaban J connectivity index is 1.52. The Kier molecular flexibility index (Phi) is 3.17. The molecule has 3 nitrogen and oxygen atoms in total. The van der Waals surface area contributed by atoms with Gasteiger partial charge in [-0.15, -0.1) is 0 Å². The predicted octanol–water partition coefficient (Wildman–Crippen LogP) is 2.78. The van der Waals surface area contributed by atoms with Gasteiger partial charge in [0.15, 0.2) is 0 Å². The molecule has 0 bridgehead atoms. The molecule has 1 aliphatic carbocycles. The molecule has 1 aromatic rings. The van der Waals surface area contributed by atoms with Crippen molar-refractivity contribution >= 4 is 28.7 Å². The number of rotatable bonds is 2. The van der Waals surface area contributed by atoms with E-state index in [1.165, 1.54) is 0 Å². The molecular formula is C13H13FINO2. The largest absolute Gasteiger partial charge is 0.445 e. The van der Waals surface area contributed by atoms with E-state index in [1.54, 1.807) is 4.90 Å². The average molecular weight is 361 g/mol. The highest BCUT2D eigenvalue weighted by molar-refractivity contribution is 14.1. The highest BCUT2D eigenvalue weighted by atomic mass is 127. The topological polar surface area (TPSA) is 29.5 Å². The molecule has 0 radical (unpaired) electrons. The summed E-state index contributed by atoms with van der Waals surface area (Å²) in [4.78, 5) is 13.5. The maximum Gasteiger partial charge on any atom is 0.410 e. The Bertz CT molecular complexity index is 450. The maximum absolute atomic E-state index is 13.3. The fourth-order valence-corrected chi connectivity index (χ4v) is 3.98. The monoisotopic (exact) mass is 361 g/mol. The molecule has 1 heterocycles. The Morgan fingerprint density at radius 2 is 2.17 bits per heavy atom. The molecule has 1 saturated heterocycles. The maximum atomic E-state index is 13.3. The number of likely N-dealkylation sites (tertiary alicyclic amines) is 1. The van der Waals surface area contributed by atoms with Crippen LogP contribution in [0.4, 0.5) is 9.18 Å². The normalized spacial score (nSPS) is 33.1. The number of amides is 1. The first kappa shape index (κ1) is 12.2. The minimum Gasteiger partial charge on any atom is -0.445 e. The number of carbonyl (C=O) groups excluding carboxylic acids is 1. The van der Waals surface area contributed by atoms with E-state index in [0.29, 0.717) is 6.54 Å². The number of halogens is 2. The molecule has 18 heavy (non-hydrogen) atoms. The van der Waals surface area contributed by atoms with Gasteiger partial charge in [-0.2, -0.15) is 0 Å². The molecule has 0 N–H and O–H groups in total. The van der Waals surface area contributed by atoms with E-state index < -0.39 is 6.17 Å². The van der Waals surface area contributed by atoms with E-state index in [2.05, 4.69) is 22.6 Å². The van der Waals surface area contributed by atoms with Crippen molar-refractivity contribution in [3.63, 3.8) is 0 Å². The van der Waals surface area contributed by atoms with Crippen molar-refractivity contribution < 1.29 is 13.9 Å². The van der Waals surface area contributed by atoms with Crippen LogP contribution in [0.2, 0.25) is 0 Å². The van der Waals surface area contributed by atoms with Crippen molar-refractivity contribution in [3.05, 3.63) is 35.9 Å². The summed E-state index contributed by atoms with van der Waals surface area (Å²) in [6.45, 7) is 0.775. The van der Waals surface area contributed by atoms with Gasteiger partial charge in [-0.05, 0) is 5.56 Å². The van der Waals surface area contributed by atoms with E-state index in [0.717, 1.165) is 5.56 Å². The van der Waals surface area contributed by atoms with Gasteiger partial charge in [0.2, 0.25) is 0 Å². The van der Waals surface area contributed by atoms with E-state index >= 15 is 0 Å². The quantitative estimate of drug-likeness (QED) is 0.599. The van der Waals surface area contributed by atoms with Crippen LogP contribution < -0.4 is 0 Å². The van der Waals surface area contributed by atoms with Crippen molar-refractivity contribution in [2.45, 2.75) is 22.7 Å². The Morgan fingerprint density at radius 3 is 2.83 bits per heavy atom. The van der Waals surface area contributed by atoms with Crippen molar-refractivity contribution in [2.24, 2.45) is 5.92 Å². The fourth-order valence-electron chi connectivity index (χ4n) is 2.52. The van der Waals surface area contributed by atoms with Gasteiger partial charge in [-0.3, -0.25) is 0 Å². The molecule has 2 aliphatic rings. The molecule has 0 spiro atoms. The fraction of sp³-hybridized carbons (Fsp3) is 0.462. The number of piperidine rings is 1. The van der Waals surface area contributed by atoms with Crippen LogP contribution in [0.5, 0.6) is 0 Å². The second kappa shape index (κ2) is 4.68. The Hall–Kier alpha value is -0.850. The van der Waals surface area contributed by atoms with Crippen LogP contribution in [0.25, 0.3) is 0 Å². The minimum atomic E-state index is -0.756. The van der Waals surface area contributed by atoms with Gasteiger partial charge in [-0.25, -0.2) is 9.18 Å². The molecule has 1 amide bonds. The summed E-state index contributed by atoms with van der Waals surface area (Å²) in [6, 6.07) is 9.60. The van der Waals surface area contributed by atoms with Crippen molar-refractivity contribution in [2.75, 3.05) is 6.54 Å².